The molecule has 0 saturated heterocycles. The van der Waals surface area contributed by atoms with E-state index in [2.05, 4.69) is 9.97 Å². The standard InChI is InChI=1S/C25H21Cl2N3O3/c1-2-30(14-23-28-21-13-18(27)11-12-19(21)24(31)29-23)25(32)20-5-3-4-6-22(20)33-15-16-7-9-17(26)10-8-16/h3-13H,2,14-15H2,1H3,(H,28,29,31). The third-order valence-corrected chi connectivity index (χ3v) is 5.64. The van der Waals surface area contributed by atoms with Gasteiger partial charge in [-0.2, -0.15) is 0 Å². The monoisotopic (exact) mass is 481 g/mol. The van der Waals surface area contributed by atoms with Gasteiger partial charge < -0.3 is 14.6 Å². The van der Waals surface area contributed by atoms with Crippen molar-refractivity contribution in [2.75, 3.05) is 6.54 Å². The van der Waals surface area contributed by atoms with Gasteiger partial charge in [0, 0.05) is 16.6 Å². The van der Waals surface area contributed by atoms with Crippen LogP contribution in [0.15, 0.2) is 71.5 Å². The number of halogens is 2. The molecular formula is C25H21Cl2N3O3. The van der Waals surface area contributed by atoms with E-state index in [0.29, 0.717) is 51.2 Å². The lowest BCUT2D eigenvalue weighted by Crippen LogP contribution is -2.32. The minimum Gasteiger partial charge on any atom is -0.488 e. The predicted molar refractivity (Wildman–Crippen MR) is 130 cm³/mol. The van der Waals surface area contributed by atoms with Gasteiger partial charge in [-0.3, -0.25) is 9.59 Å². The minimum absolute atomic E-state index is 0.137. The summed E-state index contributed by atoms with van der Waals surface area (Å²) in [7, 11) is 0. The number of amides is 1. The molecule has 1 amide bonds. The molecular weight excluding hydrogens is 461 g/mol. The molecule has 0 unspecified atom stereocenters. The number of nitrogens with one attached hydrogen (secondary N) is 1. The number of para-hydroxylation sites is 1. The van der Waals surface area contributed by atoms with Gasteiger partial charge >= 0.3 is 0 Å². The highest BCUT2D eigenvalue weighted by Crippen LogP contribution is 2.23. The van der Waals surface area contributed by atoms with Crippen molar-refractivity contribution in [3.8, 4) is 5.75 Å². The number of hydrogen-bond donors (Lipinski definition) is 1. The summed E-state index contributed by atoms with van der Waals surface area (Å²) in [5, 5.41) is 1.58. The van der Waals surface area contributed by atoms with Crippen LogP contribution in [0.25, 0.3) is 10.9 Å². The van der Waals surface area contributed by atoms with E-state index < -0.39 is 0 Å². The van der Waals surface area contributed by atoms with E-state index in [-0.39, 0.29) is 18.0 Å². The van der Waals surface area contributed by atoms with Gasteiger partial charge in [-0.05, 0) is 55.0 Å². The molecule has 1 heterocycles. The molecule has 4 aromatic rings. The van der Waals surface area contributed by atoms with Crippen molar-refractivity contribution >= 4 is 40.0 Å². The molecule has 168 valence electrons. The van der Waals surface area contributed by atoms with Crippen molar-refractivity contribution in [1.82, 2.24) is 14.9 Å². The van der Waals surface area contributed by atoms with Crippen LogP contribution in [0.3, 0.4) is 0 Å². The lowest BCUT2D eigenvalue weighted by atomic mass is 10.1. The molecule has 0 aliphatic carbocycles. The minimum atomic E-state index is -0.276. The molecule has 8 heteroatoms. The topological polar surface area (TPSA) is 75.3 Å². The molecule has 0 bridgehead atoms. The molecule has 1 aromatic heterocycles. The van der Waals surface area contributed by atoms with E-state index in [4.69, 9.17) is 27.9 Å². The summed E-state index contributed by atoms with van der Waals surface area (Å²) >= 11 is 12.0. The maximum absolute atomic E-state index is 13.3. The second-order valence-corrected chi connectivity index (χ2v) is 8.28. The van der Waals surface area contributed by atoms with Gasteiger partial charge in [0.2, 0.25) is 0 Å². The molecule has 0 radical (unpaired) electrons. The first kappa shape index (κ1) is 22.8. The number of H-pyrrole nitrogens is 1. The fourth-order valence-corrected chi connectivity index (χ4v) is 3.72. The molecule has 0 atom stereocenters. The Hall–Kier alpha value is -3.35. The van der Waals surface area contributed by atoms with Crippen LogP contribution in [0.4, 0.5) is 0 Å². The molecule has 4 rings (SSSR count). The molecule has 6 nitrogen and oxygen atoms in total. The van der Waals surface area contributed by atoms with Crippen LogP contribution in [0.2, 0.25) is 10.0 Å². The first-order chi connectivity index (χ1) is 15.9. The summed E-state index contributed by atoms with van der Waals surface area (Å²) in [5.74, 6) is 0.630. The summed E-state index contributed by atoms with van der Waals surface area (Å²) in [4.78, 5) is 34.6. The van der Waals surface area contributed by atoms with Crippen molar-refractivity contribution in [2.24, 2.45) is 0 Å². The molecule has 0 aliphatic rings. The highest BCUT2D eigenvalue weighted by atomic mass is 35.5. The quantitative estimate of drug-likeness (QED) is 0.379. The largest absolute Gasteiger partial charge is 0.488 e. The van der Waals surface area contributed by atoms with Gasteiger partial charge in [0.25, 0.3) is 11.5 Å². The highest BCUT2D eigenvalue weighted by Gasteiger charge is 2.20. The van der Waals surface area contributed by atoms with Gasteiger partial charge in [-0.15, -0.1) is 0 Å². The number of aromatic amines is 1. The number of fused-ring (bicyclic) bond motifs is 1. The highest BCUT2D eigenvalue weighted by molar-refractivity contribution is 6.31. The van der Waals surface area contributed by atoms with Crippen LogP contribution in [-0.4, -0.2) is 27.3 Å². The Morgan fingerprint density at radius 3 is 2.52 bits per heavy atom. The van der Waals surface area contributed by atoms with Crippen molar-refractivity contribution in [1.29, 1.82) is 0 Å². The zero-order valence-electron chi connectivity index (χ0n) is 17.8. The first-order valence-electron chi connectivity index (χ1n) is 10.4. The fourth-order valence-electron chi connectivity index (χ4n) is 3.43. The number of aromatic nitrogens is 2. The van der Waals surface area contributed by atoms with E-state index >= 15 is 0 Å². The number of hydrogen-bond acceptors (Lipinski definition) is 4. The molecule has 0 saturated carbocycles. The van der Waals surface area contributed by atoms with Crippen molar-refractivity contribution < 1.29 is 9.53 Å². The van der Waals surface area contributed by atoms with Crippen LogP contribution < -0.4 is 10.3 Å². The molecule has 3 aromatic carbocycles. The lowest BCUT2D eigenvalue weighted by molar-refractivity contribution is 0.0743. The Morgan fingerprint density at radius 2 is 1.76 bits per heavy atom. The Bertz CT molecular complexity index is 1350. The molecule has 1 N–H and O–H groups in total. The van der Waals surface area contributed by atoms with Crippen LogP contribution in [0, 0.1) is 0 Å². The maximum atomic E-state index is 13.3. The average molecular weight is 482 g/mol. The molecule has 33 heavy (non-hydrogen) atoms. The van der Waals surface area contributed by atoms with E-state index in [0.717, 1.165) is 5.56 Å². The number of carbonyl (C=O) groups is 1. The second kappa shape index (κ2) is 10.1. The average Bonchev–Trinajstić information content (AvgIpc) is 2.81. The molecule has 0 spiro atoms. The summed E-state index contributed by atoms with van der Waals surface area (Å²) in [5.41, 5.74) is 1.57. The van der Waals surface area contributed by atoms with E-state index in [1.54, 1.807) is 53.4 Å². The second-order valence-electron chi connectivity index (χ2n) is 7.40. The zero-order valence-corrected chi connectivity index (χ0v) is 19.4. The Balaban J connectivity index is 1.56. The van der Waals surface area contributed by atoms with Gasteiger partial charge in [-0.25, -0.2) is 4.98 Å². The maximum Gasteiger partial charge on any atom is 0.258 e. The van der Waals surface area contributed by atoms with Gasteiger partial charge in [-0.1, -0.05) is 47.5 Å². The van der Waals surface area contributed by atoms with E-state index in [9.17, 15) is 9.59 Å². The van der Waals surface area contributed by atoms with Gasteiger partial charge in [0.05, 0.1) is 23.0 Å². The van der Waals surface area contributed by atoms with Crippen LogP contribution in [-0.2, 0) is 13.2 Å². The fraction of sp³-hybridized carbons (Fsp3) is 0.160. The number of nitrogens with zero attached hydrogens (tertiary/aromatic N) is 2. The van der Waals surface area contributed by atoms with Crippen molar-refractivity contribution in [2.45, 2.75) is 20.1 Å². The summed E-state index contributed by atoms with van der Waals surface area (Å²) in [6, 6.07) is 19.3. The predicted octanol–water partition coefficient (Wildman–Crippen LogP) is 5.47. The molecule has 0 fully saturated rings. The van der Waals surface area contributed by atoms with E-state index in [1.165, 1.54) is 0 Å². The third-order valence-electron chi connectivity index (χ3n) is 5.15. The van der Waals surface area contributed by atoms with E-state index in [1.807, 2.05) is 25.1 Å². The summed E-state index contributed by atoms with van der Waals surface area (Å²) in [6.07, 6.45) is 0. The lowest BCUT2D eigenvalue weighted by Gasteiger charge is -2.22. The summed E-state index contributed by atoms with van der Waals surface area (Å²) in [6.45, 7) is 2.72. The zero-order chi connectivity index (χ0) is 23.4. The van der Waals surface area contributed by atoms with Crippen LogP contribution in [0.1, 0.15) is 28.7 Å². The van der Waals surface area contributed by atoms with Gasteiger partial charge in [0.15, 0.2) is 0 Å². The van der Waals surface area contributed by atoms with Crippen molar-refractivity contribution in [3.05, 3.63) is 104 Å². The van der Waals surface area contributed by atoms with Gasteiger partial charge in [0.1, 0.15) is 18.2 Å². The van der Waals surface area contributed by atoms with Crippen LogP contribution in [0.5, 0.6) is 5.75 Å². The third kappa shape index (κ3) is 5.35. The van der Waals surface area contributed by atoms with Crippen molar-refractivity contribution in [3.63, 3.8) is 0 Å². The number of benzene rings is 3. The smallest absolute Gasteiger partial charge is 0.258 e. The number of carbonyl (C=O) groups excluding carboxylic acids is 1. The Labute approximate surface area is 200 Å². The Kier molecular flexibility index (Phi) is 6.96. The molecule has 0 aliphatic heterocycles. The van der Waals surface area contributed by atoms with Crippen LogP contribution >= 0.6 is 23.2 Å². The Morgan fingerprint density at radius 1 is 1.03 bits per heavy atom. The SMILES string of the molecule is CCN(Cc1nc2cc(Cl)ccc2c(=O)[nH]1)C(=O)c1ccccc1OCc1ccc(Cl)cc1. The number of ether oxygens (including phenoxy) is 1. The summed E-state index contributed by atoms with van der Waals surface area (Å²) < 4.78 is 5.94. The first-order valence-corrected chi connectivity index (χ1v) is 11.1. The number of rotatable bonds is 7. The normalized spacial score (nSPS) is 10.9.